The summed E-state index contributed by atoms with van der Waals surface area (Å²) in [6, 6.07) is 2.70. The Labute approximate surface area is 157 Å². The topological polar surface area (TPSA) is 84.6 Å². The third kappa shape index (κ3) is 5.95. The third-order valence-electron chi connectivity index (χ3n) is 3.18. The number of halogens is 7. The first-order chi connectivity index (χ1) is 12.2. The molecule has 1 rings (SSSR count). The fourth-order valence-corrected chi connectivity index (χ4v) is 2.83. The molecule has 148 valence electrons. The predicted octanol–water partition coefficient (Wildman–Crippen LogP) is 3.36. The van der Waals surface area contributed by atoms with Crippen molar-refractivity contribution in [1.82, 2.24) is 4.31 Å². The molecule has 0 amide bonds. The number of allylic oxidation sites excluding steroid dienone is 1. The van der Waals surface area contributed by atoms with Crippen LogP contribution in [-0.4, -0.2) is 26.8 Å². The Kier molecular flexibility index (Phi) is 7.04. The number of nitrogens with one attached hydrogen (secondary N) is 1. The average Bonchev–Trinajstić information content (AvgIpc) is 2.53. The van der Waals surface area contributed by atoms with Gasteiger partial charge < -0.3 is 0 Å². The van der Waals surface area contributed by atoms with Crippen molar-refractivity contribution in [2.24, 2.45) is 0 Å². The van der Waals surface area contributed by atoms with E-state index >= 15 is 0 Å². The first kappa shape index (κ1) is 22.9. The van der Waals surface area contributed by atoms with Gasteiger partial charge in [-0.2, -0.15) is 31.6 Å². The molecule has 0 saturated carbocycles. The Bertz CT molecular complexity index is 820. The average molecular weight is 434 g/mol. The van der Waals surface area contributed by atoms with E-state index in [4.69, 9.17) is 22.3 Å². The van der Waals surface area contributed by atoms with E-state index in [1.807, 2.05) is 0 Å². The highest BCUT2D eigenvalue weighted by molar-refractivity contribution is 7.83. The Morgan fingerprint density at radius 1 is 1.33 bits per heavy atom. The van der Waals surface area contributed by atoms with Crippen molar-refractivity contribution in [2.45, 2.75) is 18.6 Å². The van der Waals surface area contributed by atoms with E-state index in [2.05, 4.69) is 0 Å². The lowest BCUT2D eigenvalue weighted by molar-refractivity contribution is -0.531. The van der Waals surface area contributed by atoms with Crippen LogP contribution in [0.4, 0.5) is 32.0 Å². The van der Waals surface area contributed by atoms with Crippen molar-refractivity contribution in [3.8, 4) is 6.07 Å². The minimum atomic E-state index is -5.13. The first-order valence-corrected chi connectivity index (χ1v) is 8.31. The number of nitriles is 1. The predicted molar refractivity (Wildman–Crippen MR) is 86.2 cm³/mol. The smallest absolute Gasteiger partial charge is 0.290 e. The summed E-state index contributed by atoms with van der Waals surface area (Å²) in [7, 11) is -2.74. The molecule has 0 aliphatic carbocycles. The second-order valence-corrected chi connectivity index (χ2v) is 7.03. The highest BCUT2D eigenvalue weighted by Crippen LogP contribution is 2.34. The molecule has 13 heteroatoms. The van der Waals surface area contributed by atoms with Crippen molar-refractivity contribution in [3.63, 3.8) is 0 Å². The van der Waals surface area contributed by atoms with Crippen LogP contribution in [0.25, 0.3) is 0 Å². The van der Waals surface area contributed by atoms with Crippen LogP contribution in [0.1, 0.15) is 11.1 Å². The lowest BCUT2D eigenvalue weighted by atomic mass is 10.1. The number of hydrogen-bond acceptors (Lipinski definition) is 3. The lowest BCUT2D eigenvalue weighted by Crippen LogP contribution is -2.79. The molecule has 27 heavy (non-hydrogen) atoms. The molecule has 0 saturated heterocycles. The van der Waals surface area contributed by atoms with Gasteiger partial charge in [0, 0.05) is 12.6 Å². The van der Waals surface area contributed by atoms with E-state index in [-0.39, 0.29) is 15.6 Å². The third-order valence-corrected chi connectivity index (χ3v) is 4.60. The minimum absolute atomic E-state index is 0.0181. The van der Waals surface area contributed by atoms with Gasteiger partial charge in [0.05, 0.1) is 11.6 Å². The van der Waals surface area contributed by atoms with Crippen LogP contribution in [0.5, 0.6) is 0 Å². The zero-order valence-electron chi connectivity index (χ0n) is 13.7. The molecule has 1 aromatic carbocycles. The van der Waals surface area contributed by atoms with Crippen LogP contribution in [0, 0.1) is 23.7 Å². The van der Waals surface area contributed by atoms with Gasteiger partial charge in [0.15, 0.2) is 5.69 Å². The quantitative estimate of drug-likeness (QED) is 0.424. The molecule has 0 aliphatic heterocycles. The molecule has 5 nitrogen and oxygen atoms in total. The number of quaternary nitrogens is 1. The van der Waals surface area contributed by atoms with Gasteiger partial charge in [0.2, 0.25) is 16.8 Å². The Balaban J connectivity index is 3.41. The summed E-state index contributed by atoms with van der Waals surface area (Å²) in [6.45, 7) is 1.25. The molecule has 0 fully saturated rings. The van der Waals surface area contributed by atoms with Gasteiger partial charge in [0.1, 0.15) is 16.8 Å². The molecule has 0 aromatic heterocycles. The molecule has 1 atom stereocenters. The molecule has 0 heterocycles. The maximum atomic E-state index is 12.8. The van der Waals surface area contributed by atoms with Gasteiger partial charge in [-0.15, -0.1) is 0 Å². The zero-order chi connectivity index (χ0) is 21.2. The van der Waals surface area contributed by atoms with E-state index in [1.54, 1.807) is 0 Å². The number of nitrogens with zero attached hydrogens (tertiary/aromatic N) is 2. The van der Waals surface area contributed by atoms with Crippen molar-refractivity contribution in [3.05, 3.63) is 40.2 Å². The molecule has 1 unspecified atom stereocenters. The van der Waals surface area contributed by atoms with Crippen LogP contribution < -0.4 is 5.32 Å². The number of rotatable bonds is 5. The molecule has 1 aromatic rings. The number of benzene rings is 1. The molecule has 0 bridgehead atoms. The van der Waals surface area contributed by atoms with E-state index in [1.165, 1.54) is 13.0 Å². The molecular formula is C14H12ClF6N4OS+. The SMILES string of the molecule is Cc1cc(C(F)(F)F)cc(Cl)c1[NH2+]C(=CC(=N)C#N)N(C)S(=O)C(F)(F)F. The van der Waals surface area contributed by atoms with Gasteiger partial charge in [0.25, 0.3) is 0 Å². The minimum Gasteiger partial charge on any atom is -0.290 e. The lowest BCUT2D eigenvalue weighted by Gasteiger charge is -2.20. The number of alkyl halides is 6. The second-order valence-electron chi connectivity index (χ2n) is 5.12. The van der Waals surface area contributed by atoms with Gasteiger partial charge in [-0.05, 0) is 19.1 Å². The summed E-state index contributed by atoms with van der Waals surface area (Å²) < 4.78 is 88.3. The van der Waals surface area contributed by atoms with Crippen LogP contribution in [0.3, 0.4) is 0 Å². The monoisotopic (exact) mass is 433 g/mol. The molecule has 0 spiro atoms. The Morgan fingerprint density at radius 2 is 1.89 bits per heavy atom. The van der Waals surface area contributed by atoms with Crippen molar-refractivity contribution >= 4 is 34.0 Å². The van der Waals surface area contributed by atoms with Crippen molar-refractivity contribution < 1.29 is 35.9 Å². The number of hydrogen-bond donors (Lipinski definition) is 2. The van der Waals surface area contributed by atoms with Gasteiger partial charge in [-0.1, -0.05) is 11.6 Å². The summed E-state index contributed by atoms with van der Waals surface area (Å²) in [5.74, 6) is -0.498. The highest BCUT2D eigenvalue weighted by atomic mass is 35.5. The van der Waals surface area contributed by atoms with E-state index in [0.29, 0.717) is 12.1 Å². The van der Waals surface area contributed by atoms with Crippen molar-refractivity contribution in [2.75, 3.05) is 7.05 Å². The largest absolute Gasteiger partial charge is 0.491 e. The summed E-state index contributed by atoms with van der Waals surface area (Å²) in [6.07, 6.45) is -3.99. The maximum Gasteiger partial charge on any atom is 0.491 e. The molecule has 0 aliphatic rings. The van der Waals surface area contributed by atoms with Crippen LogP contribution >= 0.6 is 11.6 Å². The van der Waals surface area contributed by atoms with E-state index in [0.717, 1.165) is 18.4 Å². The summed E-state index contributed by atoms with van der Waals surface area (Å²) in [4.78, 5) is 0. The Hall–Kier alpha value is -2.10. The number of nitrogens with two attached hydrogens (primary N) is 1. The maximum absolute atomic E-state index is 12.8. The Morgan fingerprint density at radius 3 is 2.30 bits per heavy atom. The van der Waals surface area contributed by atoms with E-state index in [9.17, 15) is 30.6 Å². The van der Waals surface area contributed by atoms with Gasteiger partial charge in [-0.3, -0.25) is 10.7 Å². The normalized spacial score (nSPS) is 13.9. The van der Waals surface area contributed by atoms with Crippen LogP contribution in [0.15, 0.2) is 24.0 Å². The van der Waals surface area contributed by atoms with Crippen molar-refractivity contribution in [1.29, 1.82) is 10.7 Å². The fraction of sp³-hybridized carbons (Fsp3) is 0.286. The molecular weight excluding hydrogens is 422 g/mol. The van der Waals surface area contributed by atoms with Crippen LogP contribution in [-0.2, 0) is 17.2 Å². The van der Waals surface area contributed by atoms with Gasteiger partial charge >= 0.3 is 11.7 Å². The fourth-order valence-electron chi connectivity index (χ4n) is 1.90. The molecule has 3 N–H and O–H groups in total. The van der Waals surface area contributed by atoms with E-state index < -0.39 is 44.8 Å². The standard InChI is InChI=1S/C14H11ClF6N4OS/c1-7-3-8(13(16,17)18)4-10(15)12(7)24-11(5-9(23)6-22)25(2)27(26)14(19,20)21/h3-5,23-24H,1-2H3/p+1. The zero-order valence-corrected chi connectivity index (χ0v) is 15.2. The first-order valence-electron chi connectivity index (χ1n) is 6.83. The summed E-state index contributed by atoms with van der Waals surface area (Å²) >= 11 is 5.84. The second kappa shape index (κ2) is 8.28. The van der Waals surface area contributed by atoms with Gasteiger partial charge in [-0.25, -0.2) is 8.51 Å². The summed E-state index contributed by atoms with van der Waals surface area (Å²) in [5, 5.41) is 16.5. The summed E-state index contributed by atoms with van der Waals surface area (Å²) in [5.41, 5.74) is -7.03. The number of aryl methyl sites for hydroxylation is 1. The van der Waals surface area contributed by atoms with Crippen LogP contribution in [0.2, 0.25) is 5.02 Å². The highest BCUT2D eigenvalue weighted by Gasteiger charge is 2.42. The molecule has 0 radical (unpaired) electrons.